The summed E-state index contributed by atoms with van der Waals surface area (Å²) in [6.45, 7) is 10.3. The maximum absolute atomic E-state index is 5.48. The number of nitrogens with one attached hydrogen (secondary N) is 1. The van der Waals surface area contributed by atoms with Gasteiger partial charge in [0.2, 0.25) is 0 Å². The van der Waals surface area contributed by atoms with Crippen LogP contribution < -0.4 is 5.32 Å². The second-order valence-corrected chi connectivity index (χ2v) is 5.43. The number of hydrogen-bond acceptors (Lipinski definition) is 4. The van der Waals surface area contributed by atoms with Crippen molar-refractivity contribution in [3.63, 3.8) is 0 Å². The molecule has 0 spiro atoms. The number of likely N-dealkylation sites (N-methyl/N-ethyl adjacent to an activating group) is 1. The first-order valence-corrected chi connectivity index (χ1v) is 7.04. The van der Waals surface area contributed by atoms with Gasteiger partial charge in [-0.05, 0) is 25.8 Å². The van der Waals surface area contributed by atoms with Gasteiger partial charge in [0.1, 0.15) is 0 Å². The Hall–Kier alpha value is -0.160. The summed E-state index contributed by atoms with van der Waals surface area (Å²) in [6, 6.07) is 0. The molecule has 0 bridgehead atoms. The molecule has 2 fully saturated rings. The molecular formula is C13H27N3O. The van der Waals surface area contributed by atoms with E-state index in [1.165, 1.54) is 45.6 Å². The second kappa shape index (κ2) is 7.31. The van der Waals surface area contributed by atoms with E-state index in [0.29, 0.717) is 0 Å². The first-order chi connectivity index (χ1) is 8.34. The van der Waals surface area contributed by atoms with Crippen molar-refractivity contribution < 1.29 is 4.74 Å². The number of piperazine rings is 1. The third kappa shape index (κ3) is 4.92. The molecule has 0 saturated carbocycles. The highest BCUT2D eigenvalue weighted by molar-refractivity contribution is 4.71. The molecule has 4 nitrogen and oxygen atoms in total. The van der Waals surface area contributed by atoms with E-state index in [9.17, 15) is 0 Å². The summed E-state index contributed by atoms with van der Waals surface area (Å²) in [5.74, 6) is 0.747. The average molecular weight is 241 g/mol. The van der Waals surface area contributed by atoms with Gasteiger partial charge in [-0.15, -0.1) is 0 Å². The fraction of sp³-hybridized carbons (Fsp3) is 1.00. The minimum absolute atomic E-state index is 0.747. The molecule has 0 aliphatic carbocycles. The predicted octanol–water partition coefficient (Wildman–Crippen LogP) is 0.250. The first kappa shape index (κ1) is 13.3. The van der Waals surface area contributed by atoms with Crippen molar-refractivity contribution in [1.29, 1.82) is 0 Å². The zero-order chi connectivity index (χ0) is 11.9. The predicted molar refractivity (Wildman–Crippen MR) is 70.3 cm³/mol. The number of hydrogen-bond donors (Lipinski definition) is 1. The Balaban J connectivity index is 1.48. The molecule has 0 amide bonds. The number of ether oxygens (including phenoxy) is 1. The van der Waals surface area contributed by atoms with Crippen LogP contribution in [-0.4, -0.2) is 75.9 Å². The highest BCUT2D eigenvalue weighted by atomic mass is 16.5. The highest BCUT2D eigenvalue weighted by Crippen LogP contribution is 2.11. The normalized spacial score (nSPS) is 28.4. The highest BCUT2D eigenvalue weighted by Gasteiger charge is 2.15. The zero-order valence-corrected chi connectivity index (χ0v) is 11.2. The van der Waals surface area contributed by atoms with Crippen LogP contribution in [0.15, 0.2) is 0 Å². The standard InChI is InChI=1S/C13H27N3O/c1-15-6-8-16(9-7-15)5-4-14-11-13-3-2-10-17-12-13/h13-14H,2-12H2,1H3. The largest absolute Gasteiger partial charge is 0.381 e. The van der Waals surface area contributed by atoms with Crippen molar-refractivity contribution in [2.75, 3.05) is 66.1 Å². The van der Waals surface area contributed by atoms with E-state index in [-0.39, 0.29) is 0 Å². The second-order valence-electron chi connectivity index (χ2n) is 5.43. The molecule has 2 saturated heterocycles. The van der Waals surface area contributed by atoms with Gasteiger partial charge in [0.15, 0.2) is 0 Å². The van der Waals surface area contributed by atoms with E-state index in [1.807, 2.05) is 0 Å². The molecule has 17 heavy (non-hydrogen) atoms. The summed E-state index contributed by atoms with van der Waals surface area (Å²) in [5.41, 5.74) is 0. The Morgan fingerprint density at radius 1 is 1.24 bits per heavy atom. The van der Waals surface area contributed by atoms with Gasteiger partial charge in [0.05, 0.1) is 6.61 Å². The van der Waals surface area contributed by atoms with Crippen LogP contribution in [0.25, 0.3) is 0 Å². The van der Waals surface area contributed by atoms with Crippen LogP contribution in [-0.2, 0) is 4.74 Å². The molecule has 0 radical (unpaired) electrons. The maximum atomic E-state index is 5.48. The van der Waals surface area contributed by atoms with E-state index in [4.69, 9.17) is 4.74 Å². The van der Waals surface area contributed by atoms with Gasteiger partial charge in [-0.25, -0.2) is 0 Å². The summed E-state index contributed by atoms with van der Waals surface area (Å²) in [4.78, 5) is 4.97. The number of nitrogens with zero attached hydrogens (tertiary/aromatic N) is 2. The molecule has 0 aromatic rings. The Labute approximate surface area is 105 Å². The molecule has 0 aromatic carbocycles. The Kier molecular flexibility index (Phi) is 5.71. The fourth-order valence-corrected chi connectivity index (χ4v) is 2.58. The van der Waals surface area contributed by atoms with Gasteiger partial charge in [0, 0.05) is 52.4 Å². The lowest BCUT2D eigenvalue weighted by Crippen LogP contribution is -2.46. The molecule has 4 heteroatoms. The van der Waals surface area contributed by atoms with Crippen molar-refractivity contribution in [2.45, 2.75) is 12.8 Å². The fourth-order valence-electron chi connectivity index (χ4n) is 2.58. The molecule has 2 aliphatic heterocycles. The minimum atomic E-state index is 0.747. The van der Waals surface area contributed by atoms with E-state index < -0.39 is 0 Å². The maximum Gasteiger partial charge on any atom is 0.0506 e. The molecule has 1 N–H and O–H groups in total. The molecule has 2 heterocycles. The van der Waals surface area contributed by atoms with E-state index in [0.717, 1.165) is 32.2 Å². The molecule has 0 aromatic heterocycles. The lowest BCUT2D eigenvalue weighted by molar-refractivity contribution is 0.0544. The summed E-state index contributed by atoms with van der Waals surface area (Å²) in [7, 11) is 2.21. The van der Waals surface area contributed by atoms with Gasteiger partial charge in [-0.2, -0.15) is 0 Å². The van der Waals surface area contributed by atoms with Gasteiger partial charge < -0.3 is 15.0 Å². The van der Waals surface area contributed by atoms with Crippen molar-refractivity contribution >= 4 is 0 Å². The van der Waals surface area contributed by atoms with Crippen molar-refractivity contribution in [3.05, 3.63) is 0 Å². The lowest BCUT2D eigenvalue weighted by atomic mass is 10.0. The molecule has 2 rings (SSSR count). The van der Waals surface area contributed by atoms with E-state index >= 15 is 0 Å². The van der Waals surface area contributed by atoms with Crippen molar-refractivity contribution in [3.8, 4) is 0 Å². The summed E-state index contributed by atoms with van der Waals surface area (Å²) >= 11 is 0. The SMILES string of the molecule is CN1CCN(CCNCC2CCCOC2)CC1. The van der Waals surface area contributed by atoms with Crippen LogP contribution in [0.1, 0.15) is 12.8 Å². The van der Waals surface area contributed by atoms with Crippen molar-refractivity contribution in [1.82, 2.24) is 15.1 Å². The smallest absolute Gasteiger partial charge is 0.0506 e. The summed E-state index contributed by atoms with van der Waals surface area (Å²) < 4.78 is 5.48. The lowest BCUT2D eigenvalue weighted by Gasteiger charge is -2.32. The quantitative estimate of drug-likeness (QED) is 0.698. The van der Waals surface area contributed by atoms with Gasteiger partial charge in [-0.3, -0.25) is 4.90 Å². The average Bonchev–Trinajstić information content (AvgIpc) is 2.38. The topological polar surface area (TPSA) is 27.7 Å². The third-order valence-electron chi connectivity index (χ3n) is 3.89. The van der Waals surface area contributed by atoms with E-state index in [2.05, 4.69) is 22.2 Å². The van der Waals surface area contributed by atoms with Crippen LogP contribution >= 0.6 is 0 Å². The molecule has 1 unspecified atom stereocenters. The van der Waals surface area contributed by atoms with E-state index in [1.54, 1.807) is 0 Å². The molecule has 1 atom stereocenters. The summed E-state index contributed by atoms with van der Waals surface area (Å²) in [5, 5.41) is 3.58. The first-order valence-electron chi connectivity index (χ1n) is 7.04. The third-order valence-corrected chi connectivity index (χ3v) is 3.89. The number of rotatable bonds is 5. The van der Waals surface area contributed by atoms with Crippen LogP contribution in [0, 0.1) is 5.92 Å². The van der Waals surface area contributed by atoms with Crippen LogP contribution in [0.3, 0.4) is 0 Å². The van der Waals surface area contributed by atoms with Crippen LogP contribution in [0.4, 0.5) is 0 Å². The zero-order valence-electron chi connectivity index (χ0n) is 11.2. The molecule has 100 valence electrons. The Morgan fingerprint density at radius 2 is 2.06 bits per heavy atom. The van der Waals surface area contributed by atoms with Gasteiger partial charge in [0.25, 0.3) is 0 Å². The van der Waals surface area contributed by atoms with Gasteiger partial charge in [-0.1, -0.05) is 0 Å². The molecular weight excluding hydrogens is 214 g/mol. The molecule has 2 aliphatic rings. The van der Waals surface area contributed by atoms with Crippen molar-refractivity contribution in [2.24, 2.45) is 5.92 Å². The monoisotopic (exact) mass is 241 g/mol. The Bertz CT molecular complexity index is 199. The Morgan fingerprint density at radius 3 is 2.76 bits per heavy atom. The van der Waals surface area contributed by atoms with Crippen LogP contribution in [0.5, 0.6) is 0 Å². The minimum Gasteiger partial charge on any atom is -0.381 e. The van der Waals surface area contributed by atoms with Gasteiger partial charge >= 0.3 is 0 Å². The van der Waals surface area contributed by atoms with Crippen LogP contribution in [0.2, 0.25) is 0 Å². The summed E-state index contributed by atoms with van der Waals surface area (Å²) in [6.07, 6.45) is 2.58.